The maximum absolute atomic E-state index is 11.4. The Bertz CT molecular complexity index is 353. The van der Waals surface area contributed by atoms with E-state index in [0.29, 0.717) is 13.0 Å². The topological polar surface area (TPSA) is 58.4 Å². The highest BCUT2D eigenvalue weighted by Gasteiger charge is 2.09. The number of hydrogen-bond acceptors (Lipinski definition) is 3. The molecule has 0 bridgehead atoms. The summed E-state index contributed by atoms with van der Waals surface area (Å²) in [4.78, 5) is 13.6. The van der Waals surface area contributed by atoms with E-state index in [0.717, 1.165) is 13.0 Å². The van der Waals surface area contributed by atoms with E-state index in [-0.39, 0.29) is 11.9 Å². The van der Waals surface area contributed by atoms with Gasteiger partial charge >= 0.3 is 0 Å². The van der Waals surface area contributed by atoms with Crippen molar-refractivity contribution in [3.8, 4) is 0 Å². The molecule has 100 valence electrons. The van der Waals surface area contributed by atoms with Gasteiger partial charge in [0.05, 0.1) is 6.04 Å². The van der Waals surface area contributed by atoms with Crippen LogP contribution in [0.3, 0.4) is 0 Å². The standard InChI is InChI=1S/C14H23N3O/c1-3-13(15)14(18)16-10-7-11-17(2)12-8-5-4-6-9-12/h4-6,8-9,13H,3,7,10-11,15H2,1-2H3,(H,16,18)/t13-/m1/s1. The average Bonchev–Trinajstić information content (AvgIpc) is 2.43. The average molecular weight is 249 g/mol. The normalized spacial score (nSPS) is 11.9. The van der Waals surface area contributed by atoms with E-state index < -0.39 is 0 Å². The van der Waals surface area contributed by atoms with Crippen LogP contribution in [0.1, 0.15) is 19.8 Å². The minimum absolute atomic E-state index is 0.0557. The van der Waals surface area contributed by atoms with E-state index in [1.165, 1.54) is 5.69 Å². The number of benzene rings is 1. The van der Waals surface area contributed by atoms with E-state index in [1.807, 2.05) is 25.1 Å². The second kappa shape index (κ2) is 7.71. The van der Waals surface area contributed by atoms with E-state index in [2.05, 4.69) is 29.4 Å². The molecule has 1 aromatic carbocycles. The number of nitrogens with zero attached hydrogens (tertiary/aromatic N) is 1. The summed E-state index contributed by atoms with van der Waals surface area (Å²) in [6, 6.07) is 9.82. The lowest BCUT2D eigenvalue weighted by atomic mass is 10.2. The lowest BCUT2D eigenvalue weighted by Gasteiger charge is -2.19. The van der Waals surface area contributed by atoms with Gasteiger partial charge in [-0.25, -0.2) is 0 Å². The molecule has 0 fully saturated rings. The predicted molar refractivity (Wildman–Crippen MR) is 75.6 cm³/mol. The van der Waals surface area contributed by atoms with Crippen molar-refractivity contribution < 1.29 is 4.79 Å². The van der Waals surface area contributed by atoms with Crippen LogP contribution in [0.2, 0.25) is 0 Å². The molecule has 4 heteroatoms. The van der Waals surface area contributed by atoms with Gasteiger partial charge < -0.3 is 16.0 Å². The molecule has 1 aromatic rings. The molecule has 0 saturated carbocycles. The SMILES string of the molecule is CC[C@@H](N)C(=O)NCCCN(C)c1ccccc1. The first-order valence-electron chi connectivity index (χ1n) is 6.44. The first-order valence-corrected chi connectivity index (χ1v) is 6.44. The van der Waals surface area contributed by atoms with Crippen molar-refractivity contribution in [1.82, 2.24) is 5.32 Å². The number of amides is 1. The highest BCUT2D eigenvalue weighted by atomic mass is 16.2. The molecule has 0 radical (unpaired) electrons. The monoisotopic (exact) mass is 249 g/mol. The minimum Gasteiger partial charge on any atom is -0.375 e. The summed E-state index contributed by atoms with van der Waals surface area (Å²) in [5.74, 6) is -0.0557. The van der Waals surface area contributed by atoms with Gasteiger partial charge in [-0.1, -0.05) is 25.1 Å². The van der Waals surface area contributed by atoms with Gasteiger partial charge in [-0.2, -0.15) is 0 Å². The van der Waals surface area contributed by atoms with Gasteiger partial charge in [-0.3, -0.25) is 4.79 Å². The van der Waals surface area contributed by atoms with Gasteiger partial charge in [-0.15, -0.1) is 0 Å². The number of nitrogens with two attached hydrogens (primary N) is 1. The molecule has 1 amide bonds. The number of anilines is 1. The maximum Gasteiger partial charge on any atom is 0.236 e. The second-order valence-electron chi connectivity index (χ2n) is 4.42. The molecule has 0 aromatic heterocycles. The number of nitrogens with one attached hydrogen (secondary N) is 1. The zero-order valence-electron chi connectivity index (χ0n) is 11.2. The fraction of sp³-hybridized carbons (Fsp3) is 0.500. The first-order chi connectivity index (χ1) is 8.65. The van der Waals surface area contributed by atoms with Crippen LogP contribution in [0.15, 0.2) is 30.3 Å². The number of rotatable bonds is 7. The van der Waals surface area contributed by atoms with Crippen LogP contribution in [0, 0.1) is 0 Å². The van der Waals surface area contributed by atoms with Gasteiger partial charge in [0.1, 0.15) is 0 Å². The largest absolute Gasteiger partial charge is 0.375 e. The molecule has 1 atom stereocenters. The number of carbonyl (C=O) groups excluding carboxylic acids is 1. The fourth-order valence-corrected chi connectivity index (χ4v) is 1.66. The smallest absolute Gasteiger partial charge is 0.236 e. The van der Waals surface area contributed by atoms with Crippen LogP contribution in [-0.2, 0) is 4.79 Å². The van der Waals surface area contributed by atoms with Gasteiger partial charge in [0.15, 0.2) is 0 Å². The Labute approximate surface area is 109 Å². The lowest BCUT2D eigenvalue weighted by molar-refractivity contribution is -0.122. The Balaban J connectivity index is 2.20. The zero-order valence-corrected chi connectivity index (χ0v) is 11.2. The summed E-state index contributed by atoms with van der Waals surface area (Å²) in [7, 11) is 2.05. The molecule has 0 aliphatic heterocycles. The van der Waals surface area contributed by atoms with Crippen LogP contribution < -0.4 is 16.0 Å². The van der Waals surface area contributed by atoms with Crippen LogP contribution in [-0.4, -0.2) is 32.1 Å². The third kappa shape index (κ3) is 4.75. The van der Waals surface area contributed by atoms with Gasteiger partial charge in [-0.05, 0) is 25.0 Å². The Morgan fingerprint density at radius 3 is 2.67 bits per heavy atom. The molecule has 0 aliphatic carbocycles. The Hall–Kier alpha value is -1.55. The van der Waals surface area contributed by atoms with Crippen LogP contribution in [0.25, 0.3) is 0 Å². The molecule has 0 aliphatic rings. The molecule has 4 nitrogen and oxygen atoms in total. The van der Waals surface area contributed by atoms with E-state index in [4.69, 9.17) is 5.73 Å². The van der Waals surface area contributed by atoms with Crippen LogP contribution in [0.4, 0.5) is 5.69 Å². The molecule has 0 spiro atoms. The van der Waals surface area contributed by atoms with Crippen LogP contribution in [0.5, 0.6) is 0 Å². The molecular formula is C14H23N3O. The summed E-state index contributed by atoms with van der Waals surface area (Å²) < 4.78 is 0. The third-order valence-electron chi connectivity index (χ3n) is 2.94. The number of hydrogen-bond donors (Lipinski definition) is 2. The number of carbonyl (C=O) groups is 1. The predicted octanol–water partition coefficient (Wildman–Crippen LogP) is 1.37. The Morgan fingerprint density at radius 1 is 1.39 bits per heavy atom. The van der Waals surface area contributed by atoms with E-state index in [1.54, 1.807) is 0 Å². The van der Waals surface area contributed by atoms with Crippen molar-refractivity contribution in [3.63, 3.8) is 0 Å². The third-order valence-corrected chi connectivity index (χ3v) is 2.94. The zero-order chi connectivity index (χ0) is 13.4. The highest BCUT2D eigenvalue weighted by Crippen LogP contribution is 2.10. The molecule has 3 N–H and O–H groups in total. The Morgan fingerprint density at radius 2 is 2.06 bits per heavy atom. The molecule has 0 unspecified atom stereocenters. The molecule has 1 rings (SSSR count). The molecule has 0 heterocycles. The molecule has 18 heavy (non-hydrogen) atoms. The van der Waals surface area contributed by atoms with Crippen LogP contribution >= 0.6 is 0 Å². The fourth-order valence-electron chi connectivity index (χ4n) is 1.66. The number of para-hydroxylation sites is 1. The molecule has 0 saturated heterocycles. The second-order valence-corrected chi connectivity index (χ2v) is 4.42. The maximum atomic E-state index is 11.4. The minimum atomic E-state index is -0.378. The summed E-state index contributed by atoms with van der Waals surface area (Å²) in [6.07, 6.45) is 1.59. The quantitative estimate of drug-likeness (QED) is 0.718. The summed E-state index contributed by atoms with van der Waals surface area (Å²) in [5, 5.41) is 2.85. The van der Waals surface area contributed by atoms with Gasteiger partial charge in [0, 0.05) is 25.8 Å². The summed E-state index contributed by atoms with van der Waals surface area (Å²) >= 11 is 0. The lowest BCUT2D eigenvalue weighted by Crippen LogP contribution is -2.40. The summed E-state index contributed by atoms with van der Waals surface area (Å²) in [6.45, 7) is 3.49. The van der Waals surface area contributed by atoms with Crippen molar-refractivity contribution in [3.05, 3.63) is 30.3 Å². The highest BCUT2D eigenvalue weighted by molar-refractivity contribution is 5.81. The van der Waals surface area contributed by atoms with Crippen molar-refractivity contribution in [2.75, 3.05) is 25.0 Å². The van der Waals surface area contributed by atoms with E-state index in [9.17, 15) is 4.79 Å². The first kappa shape index (κ1) is 14.5. The van der Waals surface area contributed by atoms with Crippen molar-refractivity contribution in [1.29, 1.82) is 0 Å². The van der Waals surface area contributed by atoms with Crippen molar-refractivity contribution in [2.24, 2.45) is 5.73 Å². The van der Waals surface area contributed by atoms with E-state index >= 15 is 0 Å². The van der Waals surface area contributed by atoms with Crippen molar-refractivity contribution >= 4 is 11.6 Å². The molecular weight excluding hydrogens is 226 g/mol. The van der Waals surface area contributed by atoms with Gasteiger partial charge in [0.25, 0.3) is 0 Å². The van der Waals surface area contributed by atoms with Crippen molar-refractivity contribution in [2.45, 2.75) is 25.8 Å². The van der Waals surface area contributed by atoms with Gasteiger partial charge in [0.2, 0.25) is 5.91 Å². The Kier molecular flexibility index (Phi) is 6.22. The summed E-state index contributed by atoms with van der Waals surface area (Å²) in [5.41, 5.74) is 6.82.